The van der Waals surface area contributed by atoms with E-state index in [4.69, 9.17) is 16.0 Å². The minimum absolute atomic E-state index is 0.258. The first kappa shape index (κ1) is 11.7. The number of amides is 1. The van der Waals surface area contributed by atoms with E-state index in [2.05, 4.69) is 10.3 Å². The second-order valence-corrected chi connectivity index (χ2v) is 4.41. The van der Waals surface area contributed by atoms with Gasteiger partial charge in [0.05, 0.1) is 6.26 Å². The maximum Gasteiger partial charge on any atom is 0.275 e. The molecule has 1 aromatic heterocycles. The van der Waals surface area contributed by atoms with Gasteiger partial charge < -0.3 is 9.73 Å². The second-order valence-electron chi connectivity index (χ2n) is 3.98. The summed E-state index contributed by atoms with van der Waals surface area (Å²) in [5, 5.41) is 3.27. The average molecular weight is 273 g/mol. The van der Waals surface area contributed by atoms with E-state index in [9.17, 15) is 4.79 Å². The van der Waals surface area contributed by atoms with Crippen molar-refractivity contribution in [1.82, 2.24) is 5.32 Å². The van der Waals surface area contributed by atoms with E-state index in [-0.39, 0.29) is 5.91 Å². The summed E-state index contributed by atoms with van der Waals surface area (Å²) in [6.45, 7) is 0. The van der Waals surface area contributed by atoms with Crippen LogP contribution in [0.25, 0.3) is 6.08 Å². The monoisotopic (exact) mass is 272 g/mol. The first-order valence-corrected chi connectivity index (χ1v) is 6.01. The van der Waals surface area contributed by atoms with E-state index in [1.54, 1.807) is 30.3 Å². The molecule has 1 aliphatic rings. The fourth-order valence-electron chi connectivity index (χ4n) is 1.75. The minimum Gasteiger partial charge on any atom is -0.461 e. The number of aliphatic imine (C=N–C) groups is 1. The lowest BCUT2D eigenvalue weighted by atomic mass is 10.2. The van der Waals surface area contributed by atoms with Gasteiger partial charge in [0, 0.05) is 5.02 Å². The molecule has 0 saturated heterocycles. The maximum absolute atomic E-state index is 11.8. The number of nitrogens with one attached hydrogen (secondary N) is 1. The van der Waals surface area contributed by atoms with Crippen molar-refractivity contribution in [3.05, 3.63) is 64.7 Å². The lowest BCUT2D eigenvalue weighted by Gasteiger charge is -1.95. The van der Waals surface area contributed by atoms with Crippen LogP contribution in [0, 0.1) is 0 Å². The van der Waals surface area contributed by atoms with Crippen LogP contribution < -0.4 is 5.32 Å². The SMILES string of the molecule is O=C1NC(c2ccco2)=N/C1=C/c1cccc(Cl)c1. The molecule has 0 aliphatic carbocycles. The van der Waals surface area contributed by atoms with Gasteiger partial charge >= 0.3 is 0 Å². The third-order valence-electron chi connectivity index (χ3n) is 2.60. The Balaban J connectivity index is 1.95. The van der Waals surface area contributed by atoms with Gasteiger partial charge in [-0.2, -0.15) is 0 Å². The molecule has 0 spiro atoms. The highest BCUT2D eigenvalue weighted by Gasteiger charge is 2.22. The van der Waals surface area contributed by atoms with Crippen LogP contribution in [0.5, 0.6) is 0 Å². The summed E-state index contributed by atoms with van der Waals surface area (Å²) in [6.07, 6.45) is 3.21. The van der Waals surface area contributed by atoms with E-state index in [1.807, 2.05) is 12.1 Å². The molecule has 0 fully saturated rings. The van der Waals surface area contributed by atoms with Crippen molar-refractivity contribution in [3.63, 3.8) is 0 Å². The summed E-state index contributed by atoms with van der Waals surface area (Å²) in [5.41, 5.74) is 1.15. The smallest absolute Gasteiger partial charge is 0.275 e. The molecule has 1 amide bonds. The highest BCUT2D eigenvalue weighted by atomic mass is 35.5. The molecule has 94 valence electrons. The zero-order valence-electron chi connectivity index (χ0n) is 9.76. The number of carbonyl (C=O) groups excluding carboxylic acids is 1. The second kappa shape index (κ2) is 4.74. The topological polar surface area (TPSA) is 54.6 Å². The van der Waals surface area contributed by atoms with Gasteiger partial charge in [0.15, 0.2) is 11.6 Å². The van der Waals surface area contributed by atoms with Crippen molar-refractivity contribution in [1.29, 1.82) is 0 Å². The Morgan fingerprint density at radius 2 is 2.16 bits per heavy atom. The van der Waals surface area contributed by atoms with E-state index in [0.717, 1.165) is 5.56 Å². The minimum atomic E-state index is -0.258. The quantitative estimate of drug-likeness (QED) is 0.855. The molecule has 0 unspecified atom stereocenters. The summed E-state index contributed by atoms with van der Waals surface area (Å²) in [6, 6.07) is 10.7. The number of carbonyl (C=O) groups is 1. The fourth-order valence-corrected chi connectivity index (χ4v) is 1.95. The zero-order valence-corrected chi connectivity index (χ0v) is 10.5. The third kappa shape index (κ3) is 2.44. The van der Waals surface area contributed by atoms with Gasteiger partial charge in [0.25, 0.3) is 5.91 Å². The number of nitrogens with zero attached hydrogens (tertiary/aromatic N) is 1. The van der Waals surface area contributed by atoms with Crippen molar-refractivity contribution < 1.29 is 9.21 Å². The van der Waals surface area contributed by atoms with Gasteiger partial charge in [0.1, 0.15) is 5.70 Å². The Bertz CT molecular complexity index is 687. The Kier molecular flexibility index (Phi) is 2.93. The number of furan rings is 1. The summed E-state index contributed by atoms with van der Waals surface area (Å²) in [7, 11) is 0. The Morgan fingerprint density at radius 3 is 2.89 bits per heavy atom. The molecule has 3 rings (SSSR count). The predicted octanol–water partition coefficient (Wildman–Crippen LogP) is 2.85. The van der Waals surface area contributed by atoms with Crippen molar-refractivity contribution in [3.8, 4) is 0 Å². The van der Waals surface area contributed by atoms with E-state index >= 15 is 0 Å². The number of rotatable bonds is 2. The molecule has 0 radical (unpaired) electrons. The van der Waals surface area contributed by atoms with E-state index in [1.165, 1.54) is 6.26 Å². The lowest BCUT2D eigenvalue weighted by molar-refractivity contribution is -0.115. The van der Waals surface area contributed by atoms with Crippen LogP contribution in [0.15, 0.2) is 57.8 Å². The van der Waals surface area contributed by atoms with Crippen molar-refractivity contribution in [2.45, 2.75) is 0 Å². The lowest BCUT2D eigenvalue weighted by Crippen LogP contribution is -2.24. The van der Waals surface area contributed by atoms with Crippen LogP contribution in [-0.2, 0) is 4.79 Å². The number of hydrogen-bond donors (Lipinski definition) is 1. The van der Waals surface area contributed by atoms with Crippen molar-refractivity contribution >= 4 is 29.4 Å². The standard InChI is InChI=1S/C14H9ClN2O2/c15-10-4-1-3-9(7-10)8-11-14(18)17-13(16-11)12-5-2-6-19-12/h1-8H,(H,16,17,18)/b11-8+. The van der Waals surface area contributed by atoms with Gasteiger partial charge in [-0.15, -0.1) is 0 Å². The van der Waals surface area contributed by atoms with E-state index in [0.29, 0.717) is 22.3 Å². The average Bonchev–Trinajstić information content (AvgIpc) is 3.00. The molecule has 2 heterocycles. The molecule has 0 atom stereocenters. The molecule has 4 nitrogen and oxygen atoms in total. The highest BCUT2D eigenvalue weighted by molar-refractivity contribution is 6.30. The Morgan fingerprint density at radius 1 is 1.26 bits per heavy atom. The number of benzene rings is 1. The van der Waals surface area contributed by atoms with Gasteiger partial charge in [-0.3, -0.25) is 4.79 Å². The molecule has 0 bridgehead atoms. The van der Waals surface area contributed by atoms with Crippen LogP contribution in [0.3, 0.4) is 0 Å². The van der Waals surface area contributed by atoms with Crippen molar-refractivity contribution in [2.24, 2.45) is 4.99 Å². The Hall–Kier alpha value is -2.33. The largest absolute Gasteiger partial charge is 0.461 e. The van der Waals surface area contributed by atoms with Crippen LogP contribution in [-0.4, -0.2) is 11.7 Å². The predicted molar refractivity (Wildman–Crippen MR) is 72.8 cm³/mol. The van der Waals surface area contributed by atoms with Crippen LogP contribution in [0.1, 0.15) is 11.3 Å². The molecule has 0 saturated carbocycles. The molecule has 19 heavy (non-hydrogen) atoms. The van der Waals surface area contributed by atoms with E-state index < -0.39 is 0 Å². The molecule has 2 aromatic rings. The molecular formula is C14H9ClN2O2. The summed E-state index contributed by atoms with van der Waals surface area (Å²) in [5.74, 6) is 0.692. The zero-order chi connectivity index (χ0) is 13.2. The van der Waals surface area contributed by atoms with Crippen LogP contribution in [0.2, 0.25) is 5.02 Å². The summed E-state index contributed by atoms with van der Waals surface area (Å²) in [4.78, 5) is 16.0. The summed E-state index contributed by atoms with van der Waals surface area (Å²) >= 11 is 5.90. The maximum atomic E-state index is 11.8. The van der Waals surface area contributed by atoms with Gasteiger partial charge in [-0.25, -0.2) is 4.99 Å². The van der Waals surface area contributed by atoms with Crippen LogP contribution >= 0.6 is 11.6 Å². The molecule has 1 aromatic carbocycles. The molecular weight excluding hydrogens is 264 g/mol. The number of halogens is 1. The molecule has 1 N–H and O–H groups in total. The highest BCUT2D eigenvalue weighted by Crippen LogP contribution is 2.17. The normalized spacial score (nSPS) is 16.6. The molecule has 1 aliphatic heterocycles. The third-order valence-corrected chi connectivity index (χ3v) is 2.84. The first-order valence-electron chi connectivity index (χ1n) is 5.63. The number of hydrogen-bond acceptors (Lipinski definition) is 3. The molecule has 5 heteroatoms. The Labute approximate surface area is 114 Å². The van der Waals surface area contributed by atoms with Gasteiger partial charge in [0.2, 0.25) is 0 Å². The summed E-state index contributed by atoms with van der Waals surface area (Å²) < 4.78 is 5.19. The van der Waals surface area contributed by atoms with Crippen molar-refractivity contribution in [2.75, 3.05) is 0 Å². The van der Waals surface area contributed by atoms with Gasteiger partial charge in [-0.1, -0.05) is 23.7 Å². The fraction of sp³-hybridized carbons (Fsp3) is 0. The number of amidine groups is 1. The van der Waals surface area contributed by atoms with Gasteiger partial charge in [-0.05, 0) is 35.9 Å². The van der Waals surface area contributed by atoms with Crippen LogP contribution in [0.4, 0.5) is 0 Å². The first-order chi connectivity index (χ1) is 9.22.